The Balaban J connectivity index is 1.50. The lowest BCUT2D eigenvalue weighted by atomic mass is 10.1. The first-order valence-corrected chi connectivity index (χ1v) is 13.0. The van der Waals surface area contributed by atoms with E-state index in [0.29, 0.717) is 40.6 Å². The third-order valence-electron chi connectivity index (χ3n) is 6.41. The Morgan fingerprint density at radius 2 is 1.95 bits per heavy atom. The quantitative estimate of drug-likeness (QED) is 0.357. The third-order valence-corrected chi connectivity index (χ3v) is 7.45. The molecular weight excluding hydrogens is 490 g/mol. The zero-order chi connectivity index (χ0) is 26.3. The number of carbonyl (C=O) groups is 2. The number of methoxy groups -OCH3 is 1. The van der Waals surface area contributed by atoms with Crippen LogP contribution in [0.3, 0.4) is 0 Å². The Bertz CT molecular complexity index is 1480. The van der Waals surface area contributed by atoms with Crippen LogP contribution in [0.5, 0.6) is 5.19 Å². The molecule has 2 atom stereocenters. The van der Waals surface area contributed by atoms with Gasteiger partial charge in [0.2, 0.25) is 5.91 Å². The van der Waals surface area contributed by atoms with Gasteiger partial charge in [-0.2, -0.15) is 5.10 Å². The molecule has 2 aromatic heterocycles. The summed E-state index contributed by atoms with van der Waals surface area (Å²) in [6.07, 6.45) is 1.88. The summed E-state index contributed by atoms with van der Waals surface area (Å²) >= 11 is 1.45. The number of hydrogen-bond acceptors (Lipinski definition) is 8. The zero-order valence-corrected chi connectivity index (χ0v) is 22.4. The smallest absolute Gasteiger partial charge is 0.274 e. The minimum atomic E-state index is -0.264. The van der Waals surface area contributed by atoms with Gasteiger partial charge in [-0.1, -0.05) is 11.3 Å². The van der Waals surface area contributed by atoms with Gasteiger partial charge in [-0.15, -0.1) is 0 Å². The van der Waals surface area contributed by atoms with Crippen molar-refractivity contribution in [2.75, 3.05) is 30.4 Å². The lowest BCUT2D eigenvalue weighted by molar-refractivity contribution is -0.119. The summed E-state index contributed by atoms with van der Waals surface area (Å²) in [5, 5.41) is 15.3. The van der Waals surface area contributed by atoms with Gasteiger partial charge in [0.05, 0.1) is 28.6 Å². The van der Waals surface area contributed by atoms with E-state index in [1.807, 2.05) is 37.5 Å². The maximum absolute atomic E-state index is 13.5. The SMILES string of the molecule is COc1nc2c(C(=O)Nc3cc(CNC(C)=O)c4nn(C)cc4c3)ccc(N3C[C@H](C)N[C@@H](C)C3)c2s1. The molecule has 1 aliphatic rings. The molecule has 1 fully saturated rings. The van der Waals surface area contributed by atoms with Crippen LogP contribution < -0.4 is 25.6 Å². The Labute approximate surface area is 219 Å². The fourth-order valence-electron chi connectivity index (χ4n) is 4.97. The standard InChI is InChI=1S/C26H31N7O3S/c1-14-11-33(12-15(2)28-14)21-7-6-20(23-24(21)37-26(30-23)36-5)25(35)29-19-8-17(10-27-16(3)34)22-18(9-19)13-32(4)31-22/h6-9,13-15,28H,10-12H2,1-5H3,(H,27,34)(H,29,35)/t14-,15-/m0/s1. The monoisotopic (exact) mass is 521 g/mol. The van der Waals surface area contributed by atoms with E-state index in [0.717, 1.165) is 39.9 Å². The highest BCUT2D eigenvalue weighted by Crippen LogP contribution is 2.38. The van der Waals surface area contributed by atoms with Gasteiger partial charge in [-0.3, -0.25) is 14.3 Å². The first-order valence-electron chi connectivity index (χ1n) is 12.2. The van der Waals surface area contributed by atoms with Crippen molar-refractivity contribution in [3.05, 3.63) is 41.6 Å². The molecule has 3 heterocycles. The van der Waals surface area contributed by atoms with Crippen LogP contribution in [0.4, 0.5) is 11.4 Å². The fourth-order valence-corrected chi connectivity index (χ4v) is 5.92. The average molecular weight is 522 g/mol. The van der Waals surface area contributed by atoms with Crippen molar-refractivity contribution in [1.82, 2.24) is 25.4 Å². The fraction of sp³-hybridized carbons (Fsp3) is 0.385. The van der Waals surface area contributed by atoms with Crippen molar-refractivity contribution >= 4 is 55.6 Å². The van der Waals surface area contributed by atoms with Crippen LogP contribution in [0.2, 0.25) is 0 Å². The van der Waals surface area contributed by atoms with Gasteiger partial charge in [-0.05, 0) is 38.1 Å². The molecule has 5 rings (SSSR count). The number of nitrogens with one attached hydrogen (secondary N) is 3. The second-order valence-corrected chi connectivity index (χ2v) is 10.6. The average Bonchev–Trinajstić information content (AvgIpc) is 3.44. The van der Waals surface area contributed by atoms with Gasteiger partial charge in [0.25, 0.3) is 11.1 Å². The van der Waals surface area contributed by atoms with Gasteiger partial charge in [0.15, 0.2) is 0 Å². The molecule has 0 saturated carbocycles. The maximum Gasteiger partial charge on any atom is 0.274 e. The van der Waals surface area contributed by atoms with Crippen LogP contribution in [0.1, 0.15) is 36.7 Å². The molecule has 37 heavy (non-hydrogen) atoms. The van der Waals surface area contributed by atoms with Crippen LogP contribution in [-0.4, -0.2) is 58.9 Å². The minimum absolute atomic E-state index is 0.133. The molecule has 2 aromatic carbocycles. The van der Waals surface area contributed by atoms with Gasteiger partial charge < -0.3 is 25.6 Å². The van der Waals surface area contributed by atoms with E-state index in [2.05, 4.69) is 44.8 Å². The van der Waals surface area contributed by atoms with Crippen molar-refractivity contribution in [2.24, 2.45) is 7.05 Å². The number of anilines is 2. The third kappa shape index (κ3) is 5.09. The number of piperazine rings is 1. The molecule has 0 aliphatic carbocycles. The molecule has 1 aliphatic heterocycles. The number of carbonyl (C=O) groups excluding carboxylic acids is 2. The Hall–Kier alpha value is -3.70. The van der Waals surface area contributed by atoms with Crippen LogP contribution in [0, 0.1) is 0 Å². The normalized spacial score (nSPS) is 17.8. The molecule has 3 N–H and O–H groups in total. The van der Waals surface area contributed by atoms with Gasteiger partial charge in [-0.25, -0.2) is 4.98 Å². The molecule has 1 saturated heterocycles. The number of fused-ring (bicyclic) bond motifs is 2. The molecule has 0 unspecified atom stereocenters. The zero-order valence-electron chi connectivity index (χ0n) is 21.6. The second-order valence-electron chi connectivity index (χ2n) is 9.61. The molecule has 4 aromatic rings. The lowest BCUT2D eigenvalue weighted by Gasteiger charge is -2.37. The molecule has 11 heteroatoms. The largest absolute Gasteiger partial charge is 0.473 e. The van der Waals surface area contributed by atoms with Gasteiger partial charge in [0, 0.05) is 68.5 Å². The van der Waals surface area contributed by atoms with E-state index in [9.17, 15) is 9.59 Å². The summed E-state index contributed by atoms with van der Waals surface area (Å²) in [6.45, 7) is 7.87. The molecular formula is C26H31N7O3S. The van der Waals surface area contributed by atoms with E-state index in [-0.39, 0.29) is 11.8 Å². The van der Waals surface area contributed by atoms with E-state index >= 15 is 0 Å². The number of nitrogens with zero attached hydrogens (tertiary/aromatic N) is 4. The molecule has 0 radical (unpaired) electrons. The summed E-state index contributed by atoms with van der Waals surface area (Å²) in [6, 6.07) is 8.28. The topological polar surface area (TPSA) is 113 Å². The Morgan fingerprint density at radius 3 is 2.65 bits per heavy atom. The van der Waals surface area contributed by atoms with Gasteiger partial charge in [0.1, 0.15) is 5.52 Å². The number of aromatic nitrogens is 3. The summed E-state index contributed by atoms with van der Waals surface area (Å²) in [5.74, 6) is -0.396. The van der Waals surface area contributed by atoms with E-state index in [1.54, 1.807) is 11.8 Å². The Kier molecular flexibility index (Phi) is 6.74. The maximum atomic E-state index is 13.5. The first kappa shape index (κ1) is 25.0. The number of benzene rings is 2. The number of ether oxygens (including phenoxy) is 1. The summed E-state index contributed by atoms with van der Waals surface area (Å²) in [7, 11) is 3.43. The lowest BCUT2D eigenvalue weighted by Crippen LogP contribution is -2.54. The van der Waals surface area contributed by atoms with E-state index in [4.69, 9.17) is 4.74 Å². The summed E-state index contributed by atoms with van der Waals surface area (Å²) < 4.78 is 8.10. The highest BCUT2D eigenvalue weighted by molar-refractivity contribution is 7.21. The molecule has 0 bridgehead atoms. The van der Waals surface area contributed by atoms with E-state index < -0.39 is 0 Å². The number of aryl methyl sites for hydroxylation is 1. The predicted molar refractivity (Wildman–Crippen MR) is 147 cm³/mol. The van der Waals surface area contributed by atoms with Crippen LogP contribution >= 0.6 is 11.3 Å². The molecule has 10 nitrogen and oxygen atoms in total. The van der Waals surface area contributed by atoms with Crippen LogP contribution in [-0.2, 0) is 18.4 Å². The van der Waals surface area contributed by atoms with Crippen molar-refractivity contribution in [3.8, 4) is 5.19 Å². The number of hydrogen-bond donors (Lipinski definition) is 3. The number of rotatable bonds is 6. The van der Waals surface area contributed by atoms with Crippen LogP contribution in [0.15, 0.2) is 30.5 Å². The van der Waals surface area contributed by atoms with Crippen molar-refractivity contribution in [2.45, 2.75) is 39.4 Å². The van der Waals surface area contributed by atoms with Gasteiger partial charge >= 0.3 is 0 Å². The number of thiazole rings is 1. The highest BCUT2D eigenvalue weighted by atomic mass is 32.1. The van der Waals surface area contributed by atoms with Crippen LogP contribution in [0.25, 0.3) is 21.1 Å². The van der Waals surface area contributed by atoms with E-state index in [1.165, 1.54) is 18.3 Å². The van der Waals surface area contributed by atoms with Crippen molar-refractivity contribution < 1.29 is 14.3 Å². The predicted octanol–water partition coefficient (Wildman–Crippen LogP) is 3.27. The summed E-state index contributed by atoms with van der Waals surface area (Å²) in [5.41, 5.74) is 4.38. The summed E-state index contributed by atoms with van der Waals surface area (Å²) in [4.78, 5) is 32.0. The highest BCUT2D eigenvalue weighted by Gasteiger charge is 2.26. The molecule has 194 valence electrons. The Morgan fingerprint density at radius 1 is 1.19 bits per heavy atom. The second kappa shape index (κ2) is 9.98. The number of amides is 2. The first-order chi connectivity index (χ1) is 17.7. The molecule has 0 spiro atoms. The minimum Gasteiger partial charge on any atom is -0.473 e. The molecule has 2 amide bonds. The van der Waals surface area contributed by atoms with Crippen molar-refractivity contribution in [1.29, 1.82) is 0 Å². The van der Waals surface area contributed by atoms with Crippen molar-refractivity contribution in [3.63, 3.8) is 0 Å².